The van der Waals surface area contributed by atoms with E-state index in [4.69, 9.17) is 5.73 Å². The third-order valence-electron chi connectivity index (χ3n) is 5.91. The Bertz CT molecular complexity index is 1080. The van der Waals surface area contributed by atoms with Crippen molar-refractivity contribution in [2.75, 3.05) is 12.0 Å². The molecule has 214 valence electrons. The number of phenols is 1. The summed E-state index contributed by atoms with van der Waals surface area (Å²) in [5.74, 6) is -2.36. The maximum absolute atomic E-state index is 13.4. The second-order valence-electron chi connectivity index (χ2n) is 9.69. The van der Waals surface area contributed by atoms with Gasteiger partial charge in [0.25, 0.3) is 0 Å². The lowest BCUT2D eigenvalue weighted by atomic mass is 10.0. The highest BCUT2D eigenvalue weighted by Crippen LogP contribution is 2.13. The van der Waals surface area contributed by atoms with Crippen LogP contribution in [0.25, 0.3) is 0 Å². The molecule has 0 aliphatic rings. The van der Waals surface area contributed by atoms with Gasteiger partial charge >= 0.3 is 5.97 Å². The lowest BCUT2D eigenvalue weighted by Crippen LogP contribution is -2.58. The number of phenolic OH excluding ortho intramolecular Hbond substituents is 1. The molecule has 0 bridgehead atoms. The van der Waals surface area contributed by atoms with Crippen LogP contribution in [0.2, 0.25) is 0 Å². The molecule has 1 heterocycles. The van der Waals surface area contributed by atoms with Gasteiger partial charge in [0.15, 0.2) is 0 Å². The minimum atomic E-state index is -1.16. The summed E-state index contributed by atoms with van der Waals surface area (Å²) in [6, 6.07) is 1.99. The number of nitrogens with two attached hydrogens (primary N) is 1. The number of carbonyl (C=O) groups excluding carboxylic acids is 3. The number of nitrogens with one attached hydrogen (secondary N) is 4. The van der Waals surface area contributed by atoms with Gasteiger partial charge in [0.2, 0.25) is 17.7 Å². The van der Waals surface area contributed by atoms with Crippen molar-refractivity contribution in [1.82, 2.24) is 25.9 Å². The highest BCUT2D eigenvalue weighted by atomic mass is 32.2. The summed E-state index contributed by atoms with van der Waals surface area (Å²) in [6.45, 7) is 3.70. The molecule has 0 fully saturated rings. The molecule has 4 unspecified atom stereocenters. The number of imidazole rings is 1. The molecule has 2 rings (SSSR count). The highest BCUT2D eigenvalue weighted by molar-refractivity contribution is 7.98. The Morgan fingerprint density at radius 2 is 1.59 bits per heavy atom. The van der Waals surface area contributed by atoms with Crippen molar-refractivity contribution in [3.8, 4) is 5.75 Å². The predicted molar refractivity (Wildman–Crippen MR) is 148 cm³/mol. The number of hydrogen-bond donors (Lipinski definition) is 7. The topological polar surface area (TPSA) is 200 Å². The molecule has 39 heavy (non-hydrogen) atoms. The smallest absolute Gasteiger partial charge is 0.326 e. The van der Waals surface area contributed by atoms with E-state index >= 15 is 0 Å². The molecule has 3 amide bonds. The lowest BCUT2D eigenvalue weighted by Gasteiger charge is -2.25. The number of carboxylic acids is 1. The molecule has 0 spiro atoms. The van der Waals surface area contributed by atoms with Gasteiger partial charge in [-0.15, -0.1) is 0 Å². The Labute approximate surface area is 231 Å². The van der Waals surface area contributed by atoms with Crippen LogP contribution in [-0.4, -0.2) is 80.0 Å². The van der Waals surface area contributed by atoms with Gasteiger partial charge in [-0.05, 0) is 48.5 Å². The number of aromatic amines is 1. The van der Waals surface area contributed by atoms with E-state index in [0.717, 1.165) is 0 Å². The van der Waals surface area contributed by atoms with Crippen LogP contribution in [0.1, 0.15) is 37.9 Å². The molecule has 4 atom stereocenters. The van der Waals surface area contributed by atoms with Crippen LogP contribution >= 0.6 is 11.8 Å². The Hall–Kier alpha value is -3.58. The summed E-state index contributed by atoms with van der Waals surface area (Å²) >= 11 is 1.47. The third kappa shape index (κ3) is 11.0. The molecule has 0 saturated heterocycles. The van der Waals surface area contributed by atoms with Crippen molar-refractivity contribution < 1.29 is 29.4 Å². The summed E-state index contributed by atoms with van der Waals surface area (Å²) in [5, 5.41) is 27.0. The summed E-state index contributed by atoms with van der Waals surface area (Å²) < 4.78 is 0. The number of rotatable bonds is 16. The Kier molecular flexibility index (Phi) is 12.8. The first-order valence-electron chi connectivity index (χ1n) is 12.6. The molecule has 0 aliphatic carbocycles. The average Bonchev–Trinajstić information content (AvgIpc) is 3.39. The van der Waals surface area contributed by atoms with Gasteiger partial charge in [-0.1, -0.05) is 26.0 Å². The normalized spacial score (nSPS) is 14.2. The van der Waals surface area contributed by atoms with Gasteiger partial charge in [0.05, 0.1) is 12.4 Å². The Balaban J connectivity index is 2.21. The van der Waals surface area contributed by atoms with E-state index < -0.39 is 47.9 Å². The van der Waals surface area contributed by atoms with Gasteiger partial charge < -0.3 is 36.9 Å². The molecule has 0 aliphatic heterocycles. The number of thioether (sulfide) groups is 1. The number of H-pyrrole nitrogens is 1. The van der Waals surface area contributed by atoms with Crippen LogP contribution in [0.5, 0.6) is 5.75 Å². The number of aromatic nitrogens is 2. The molecule has 1 aromatic carbocycles. The number of hydrogen-bond acceptors (Lipinski definition) is 8. The molecule has 8 N–H and O–H groups in total. The van der Waals surface area contributed by atoms with E-state index in [2.05, 4.69) is 25.9 Å². The van der Waals surface area contributed by atoms with E-state index in [1.165, 1.54) is 30.2 Å². The van der Waals surface area contributed by atoms with Crippen molar-refractivity contribution in [2.24, 2.45) is 11.7 Å². The van der Waals surface area contributed by atoms with E-state index in [-0.39, 0.29) is 37.4 Å². The number of aliphatic carboxylic acids is 1. The van der Waals surface area contributed by atoms with E-state index in [1.807, 2.05) is 20.1 Å². The van der Waals surface area contributed by atoms with Crippen LogP contribution in [0.15, 0.2) is 36.8 Å². The first kappa shape index (κ1) is 31.6. The predicted octanol–water partition coefficient (Wildman–Crippen LogP) is 0.566. The zero-order chi connectivity index (χ0) is 28.9. The fourth-order valence-electron chi connectivity index (χ4n) is 3.82. The maximum Gasteiger partial charge on any atom is 0.326 e. The zero-order valence-corrected chi connectivity index (χ0v) is 23.2. The van der Waals surface area contributed by atoms with E-state index in [9.17, 15) is 29.4 Å². The van der Waals surface area contributed by atoms with Gasteiger partial charge in [0.1, 0.15) is 23.9 Å². The molecule has 12 nitrogen and oxygen atoms in total. The Morgan fingerprint density at radius 1 is 0.974 bits per heavy atom. The van der Waals surface area contributed by atoms with Gasteiger partial charge in [-0.25, -0.2) is 9.78 Å². The minimum absolute atomic E-state index is 0.0292. The monoisotopic (exact) mass is 562 g/mol. The van der Waals surface area contributed by atoms with E-state index in [0.29, 0.717) is 17.0 Å². The first-order chi connectivity index (χ1) is 18.5. The van der Waals surface area contributed by atoms with Crippen LogP contribution in [0, 0.1) is 5.92 Å². The fraction of sp³-hybridized carbons (Fsp3) is 0.500. The molecule has 1 aromatic heterocycles. The highest BCUT2D eigenvalue weighted by Gasteiger charge is 2.30. The summed E-state index contributed by atoms with van der Waals surface area (Å²) in [7, 11) is 0. The van der Waals surface area contributed by atoms with Crippen LogP contribution < -0.4 is 21.7 Å². The average molecular weight is 563 g/mol. The number of amides is 3. The van der Waals surface area contributed by atoms with Crippen LogP contribution in [0.3, 0.4) is 0 Å². The molecule has 13 heteroatoms. The van der Waals surface area contributed by atoms with Crippen LogP contribution in [0.4, 0.5) is 0 Å². The second kappa shape index (κ2) is 15.7. The van der Waals surface area contributed by atoms with Crippen molar-refractivity contribution in [2.45, 2.75) is 63.7 Å². The fourth-order valence-corrected chi connectivity index (χ4v) is 4.30. The summed E-state index contributed by atoms with van der Waals surface area (Å²) in [5.41, 5.74) is 7.37. The van der Waals surface area contributed by atoms with Gasteiger partial charge in [-0.2, -0.15) is 11.8 Å². The van der Waals surface area contributed by atoms with Crippen molar-refractivity contribution in [3.63, 3.8) is 0 Å². The number of benzene rings is 1. The SMILES string of the molecule is CSCCC(NC(=O)C(Cc1ccc(O)cc1)NC(=O)C(N)Cc1cnc[nH]1)C(=O)NC(CC(C)C)C(=O)O. The van der Waals surface area contributed by atoms with Crippen molar-refractivity contribution in [3.05, 3.63) is 48.0 Å². The number of aromatic hydroxyl groups is 1. The van der Waals surface area contributed by atoms with Gasteiger partial charge in [-0.3, -0.25) is 14.4 Å². The number of carboxylic acid groups (broad SMARTS) is 1. The molecular weight excluding hydrogens is 524 g/mol. The van der Waals surface area contributed by atoms with Crippen molar-refractivity contribution in [1.29, 1.82) is 0 Å². The first-order valence-corrected chi connectivity index (χ1v) is 14.0. The number of carbonyl (C=O) groups is 4. The quantitative estimate of drug-likeness (QED) is 0.153. The lowest BCUT2D eigenvalue weighted by molar-refractivity contribution is -0.142. The minimum Gasteiger partial charge on any atom is -0.508 e. The molecule has 0 saturated carbocycles. The van der Waals surface area contributed by atoms with Gasteiger partial charge in [0, 0.05) is 24.7 Å². The summed E-state index contributed by atoms with van der Waals surface area (Å²) in [4.78, 5) is 57.9. The largest absolute Gasteiger partial charge is 0.508 e. The third-order valence-corrected chi connectivity index (χ3v) is 6.55. The van der Waals surface area contributed by atoms with E-state index in [1.54, 1.807) is 18.3 Å². The molecular formula is C26H38N6O6S. The molecule has 2 aromatic rings. The van der Waals surface area contributed by atoms with Crippen LogP contribution in [-0.2, 0) is 32.0 Å². The zero-order valence-electron chi connectivity index (χ0n) is 22.3. The maximum atomic E-state index is 13.4. The molecule has 0 radical (unpaired) electrons. The standard InChI is InChI=1S/C26H38N6O6S/c1-15(2)10-22(26(37)38)32-24(35)20(8-9-39-3)30-25(36)21(11-16-4-6-18(33)7-5-16)31-23(34)19(27)12-17-13-28-14-29-17/h4-7,13-15,19-22,33H,8-12,27H2,1-3H3,(H,28,29)(H,30,36)(H,31,34)(H,32,35)(H,37,38). The summed E-state index contributed by atoms with van der Waals surface area (Å²) in [6.07, 6.45) is 5.60. The van der Waals surface area contributed by atoms with Crippen molar-refractivity contribution >= 4 is 35.5 Å². The number of nitrogens with zero attached hydrogens (tertiary/aromatic N) is 1. The second-order valence-corrected chi connectivity index (χ2v) is 10.7. The Morgan fingerprint density at radius 3 is 2.15 bits per heavy atom.